The first-order valence-corrected chi connectivity index (χ1v) is 6.94. The molecule has 0 heterocycles. The van der Waals surface area contributed by atoms with Crippen LogP contribution in [-0.2, 0) is 11.3 Å². The molecule has 0 aliphatic carbocycles. The molecular weight excluding hydrogens is 323 g/mol. The van der Waals surface area contributed by atoms with Crippen molar-refractivity contribution in [1.82, 2.24) is 5.32 Å². The number of carbonyl (C=O) groups excluding carboxylic acids is 1. The van der Waals surface area contributed by atoms with Crippen LogP contribution in [0.3, 0.4) is 0 Å². The number of carbonyl (C=O) groups is 1. The molecule has 0 aromatic heterocycles. The van der Waals surface area contributed by atoms with Crippen molar-refractivity contribution in [1.29, 1.82) is 0 Å². The summed E-state index contributed by atoms with van der Waals surface area (Å²) in [5, 5.41) is 5.76. The molecule has 0 spiro atoms. The quantitative estimate of drug-likeness (QED) is 0.879. The predicted octanol–water partition coefficient (Wildman–Crippen LogP) is 3.32. The normalized spacial score (nSPS) is 10.3. The fraction of sp³-hybridized carbons (Fsp3) is 0.133. The average molecular weight is 337 g/mol. The monoisotopic (exact) mass is 336 g/mol. The lowest BCUT2D eigenvalue weighted by Gasteiger charge is -2.08. The highest BCUT2D eigenvalue weighted by Crippen LogP contribution is 2.20. The summed E-state index contributed by atoms with van der Waals surface area (Å²) < 4.78 is 13.8. The second-order valence-corrected chi connectivity index (χ2v) is 5.12. The molecule has 0 saturated carbocycles. The number of hydrogen-bond acceptors (Lipinski definition) is 2. The third-order valence-corrected chi connectivity index (χ3v) is 3.34. The van der Waals surface area contributed by atoms with E-state index in [9.17, 15) is 9.18 Å². The van der Waals surface area contributed by atoms with Gasteiger partial charge in [-0.1, -0.05) is 24.3 Å². The van der Waals surface area contributed by atoms with Crippen molar-refractivity contribution in [3.63, 3.8) is 0 Å². The third kappa shape index (κ3) is 4.43. The van der Waals surface area contributed by atoms with Crippen LogP contribution >= 0.6 is 15.9 Å². The summed E-state index contributed by atoms with van der Waals surface area (Å²) in [5.74, 6) is -0.421. The summed E-state index contributed by atoms with van der Waals surface area (Å²) in [6, 6.07) is 13.7. The number of anilines is 1. The molecule has 104 valence electrons. The lowest BCUT2D eigenvalue weighted by atomic mass is 10.2. The Morgan fingerprint density at radius 2 is 1.95 bits per heavy atom. The van der Waals surface area contributed by atoms with E-state index in [1.165, 1.54) is 12.1 Å². The molecule has 0 saturated heterocycles. The number of rotatable bonds is 5. The first-order valence-electron chi connectivity index (χ1n) is 6.15. The second kappa shape index (κ2) is 7.17. The van der Waals surface area contributed by atoms with Gasteiger partial charge in [0.25, 0.3) is 0 Å². The smallest absolute Gasteiger partial charge is 0.238 e. The lowest BCUT2D eigenvalue weighted by Crippen LogP contribution is -2.27. The molecule has 2 rings (SSSR count). The average Bonchev–Trinajstić information content (AvgIpc) is 2.41. The number of hydrogen-bond donors (Lipinski definition) is 2. The van der Waals surface area contributed by atoms with Crippen molar-refractivity contribution in [3.05, 3.63) is 64.4 Å². The lowest BCUT2D eigenvalue weighted by molar-refractivity contribution is -0.115. The number of halogens is 2. The number of benzene rings is 2. The van der Waals surface area contributed by atoms with E-state index >= 15 is 0 Å². The first kappa shape index (κ1) is 14.7. The molecule has 2 N–H and O–H groups in total. The van der Waals surface area contributed by atoms with Gasteiger partial charge in [0.1, 0.15) is 5.82 Å². The van der Waals surface area contributed by atoms with Crippen LogP contribution in [0.15, 0.2) is 53.0 Å². The van der Waals surface area contributed by atoms with Crippen LogP contribution in [0.1, 0.15) is 5.56 Å². The van der Waals surface area contributed by atoms with Gasteiger partial charge in [-0.2, -0.15) is 0 Å². The van der Waals surface area contributed by atoms with Crippen LogP contribution in [0, 0.1) is 5.82 Å². The molecule has 0 aliphatic rings. The predicted molar refractivity (Wildman–Crippen MR) is 80.9 cm³/mol. The molecule has 0 unspecified atom stereocenters. The Bertz CT molecular complexity index is 604. The maximum atomic E-state index is 13.0. The molecule has 20 heavy (non-hydrogen) atoms. The standard InChI is InChI=1S/C15H14BrFN2O/c16-13-6-1-2-7-14(13)19-15(20)10-18-9-11-4-3-5-12(17)8-11/h1-8,18H,9-10H2,(H,19,20). The maximum absolute atomic E-state index is 13.0. The largest absolute Gasteiger partial charge is 0.324 e. The zero-order valence-corrected chi connectivity index (χ0v) is 12.3. The van der Waals surface area contributed by atoms with Gasteiger partial charge in [-0.15, -0.1) is 0 Å². The zero-order chi connectivity index (χ0) is 14.4. The van der Waals surface area contributed by atoms with E-state index in [1.54, 1.807) is 6.07 Å². The first-order chi connectivity index (χ1) is 9.65. The Hall–Kier alpha value is -1.72. The van der Waals surface area contributed by atoms with Gasteiger partial charge in [-0.3, -0.25) is 4.79 Å². The van der Waals surface area contributed by atoms with Gasteiger partial charge in [-0.05, 0) is 45.8 Å². The molecule has 0 radical (unpaired) electrons. The Balaban J connectivity index is 1.80. The van der Waals surface area contributed by atoms with E-state index in [1.807, 2.05) is 30.3 Å². The molecule has 0 fully saturated rings. The number of para-hydroxylation sites is 1. The van der Waals surface area contributed by atoms with Crippen LogP contribution in [-0.4, -0.2) is 12.5 Å². The van der Waals surface area contributed by atoms with Gasteiger partial charge < -0.3 is 10.6 Å². The summed E-state index contributed by atoms with van der Waals surface area (Å²) in [6.45, 7) is 0.610. The van der Waals surface area contributed by atoms with Gasteiger partial charge in [0.15, 0.2) is 0 Å². The third-order valence-electron chi connectivity index (χ3n) is 2.65. The molecule has 0 bridgehead atoms. The van der Waals surface area contributed by atoms with E-state index < -0.39 is 0 Å². The molecule has 0 atom stereocenters. The molecule has 5 heteroatoms. The number of amides is 1. The van der Waals surface area contributed by atoms with E-state index in [0.29, 0.717) is 6.54 Å². The van der Waals surface area contributed by atoms with Gasteiger partial charge in [-0.25, -0.2) is 4.39 Å². The summed E-state index contributed by atoms with van der Waals surface area (Å²) in [5.41, 5.74) is 1.53. The number of nitrogens with one attached hydrogen (secondary N) is 2. The Labute approximate surface area is 125 Å². The Morgan fingerprint density at radius 1 is 1.15 bits per heavy atom. The van der Waals surface area contributed by atoms with Crippen molar-refractivity contribution < 1.29 is 9.18 Å². The molecule has 2 aromatic carbocycles. The van der Waals surface area contributed by atoms with E-state index in [0.717, 1.165) is 15.7 Å². The van der Waals surface area contributed by atoms with Crippen molar-refractivity contribution in [2.75, 3.05) is 11.9 Å². The van der Waals surface area contributed by atoms with E-state index in [4.69, 9.17) is 0 Å². The van der Waals surface area contributed by atoms with Crippen molar-refractivity contribution >= 4 is 27.5 Å². The fourth-order valence-corrected chi connectivity index (χ4v) is 2.11. The van der Waals surface area contributed by atoms with Gasteiger partial charge in [0.05, 0.1) is 12.2 Å². The Morgan fingerprint density at radius 3 is 2.70 bits per heavy atom. The van der Waals surface area contributed by atoms with Crippen LogP contribution in [0.5, 0.6) is 0 Å². The minimum Gasteiger partial charge on any atom is -0.324 e. The van der Waals surface area contributed by atoms with E-state index in [-0.39, 0.29) is 18.3 Å². The van der Waals surface area contributed by atoms with Crippen LogP contribution < -0.4 is 10.6 Å². The summed E-state index contributed by atoms with van der Waals surface area (Å²) in [4.78, 5) is 11.8. The highest BCUT2D eigenvalue weighted by molar-refractivity contribution is 9.10. The van der Waals surface area contributed by atoms with Gasteiger partial charge in [0.2, 0.25) is 5.91 Å². The van der Waals surface area contributed by atoms with Crippen LogP contribution in [0.2, 0.25) is 0 Å². The van der Waals surface area contributed by atoms with Crippen molar-refractivity contribution in [2.24, 2.45) is 0 Å². The van der Waals surface area contributed by atoms with Crippen molar-refractivity contribution in [3.8, 4) is 0 Å². The second-order valence-electron chi connectivity index (χ2n) is 4.26. The molecule has 2 aromatic rings. The molecular formula is C15H14BrFN2O. The summed E-state index contributed by atoms with van der Waals surface area (Å²) in [7, 11) is 0. The summed E-state index contributed by atoms with van der Waals surface area (Å²) >= 11 is 3.36. The minimum atomic E-state index is -0.276. The van der Waals surface area contributed by atoms with Crippen LogP contribution in [0.4, 0.5) is 10.1 Å². The van der Waals surface area contributed by atoms with Crippen LogP contribution in [0.25, 0.3) is 0 Å². The minimum absolute atomic E-state index is 0.145. The fourth-order valence-electron chi connectivity index (χ4n) is 1.72. The topological polar surface area (TPSA) is 41.1 Å². The van der Waals surface area contributed by atoms with E-state index in [2.05, 4.69) is 26.6 Å². The van der Waals surface area contributed by atoms with Gasteiger partial charge in [0, 0.05) is 11.0 Å². The molecule has 3 nitrogen and oxygen atoms in total. The van der Waals surface area contributed by atoms with Crippen molar-refractivity contribution in [2.45, 2.75) is 6.54 Å². The highest BCUT2D eigenvalue weighted by atomic mass is 79.9. The summed E-state index contributed by atoms with van der Waals surface area (Å²) in [6.07, 6.45) is 0. The SMILES string of the molecule is O=C(CNCc1cccc(F)c1)Nc1ccccc1Br. The van der Waals surface area contributed by atoms with Gasteiger partial charge >= 0.3 is 0 Å². The zero-order valence-electron chi connectivity index (χ0n) is 10.7. The molecule has 0 aliphatic heterocycles. The maximum Gasteiger partial charge on any atom is 0.238 e. The highest BCUT2D eigenvalue weighted by Gasteiger charge is 2.04. The molecule has 1 amide bonds. The Kier molecular flexibility index (Phi) is 5.26.